The minimum atomic E-state index is -0.147. The molecular formula is C27H33N5O2. The molecule has 7 heteroatoms. The summed E-state index contributed by atoms with van der Waals surface area (Å²) in [5.41, 5.74) is 3.36. The maximum atomic E-state index is 13.7. The summed E-state index contributed by atoms with van der Waals surface area (Å²) in [5.74, 6) is 1.27. The number of likely N-dealkylation sites (tertiary alicyclic amines) is 1. The Bertz CT molecular complexity index is 1230. The molecule has 7 nitrogen and oxygen atoms in total. The molecule has 0 spiro atoms. The molecule has 0 unspecified atom stereocenters. The van der Waals surface area contributed by atoms with Gasteiger partial charge in [0.2, 0.25) is 5.91 Å². The van der Waals surface area contributed by atoms with Gasteiger partial charge in [-0.15, -0.1) is 0 Å². The van der Waals surface area contributed by atoms with Crippen molar-refractivity contribution < 1.29 is 4.79 Å². The summed E-state index contributed by atoms with van der Waals surface area (Å²) in [6.45, 7) is 7.72. The van der Waals surface area contributed by atoms with Crippen LogP contribution in [0, 0.1) is 18.8 Å². The molecule has 1 aromatic carbocycles. The van der Waals surface area contributed by atoms with Crippen molar-refractivity contribution in [3.05, 3.63) is 64.1 Å². The van der Waals surface area contributed by atoms with Crippen LogP contribution < -0.4 is 10.5 Å². The Morgan fingerprint density at radius 3 is 2.59 bits per heavy atom. The van der Waals surface area contributed by atoms with E-state index in [1.807, 2.05) is 34.1 Å². The fraction of sp³-hybridized carbons (Fsp3) is 0.481. The minimum absolute atomic E-state index is 0.0847. The van der Waals surface area contributed by atoms with E-state index in [0.717, 1.165) is 50.9 Å². The van der Waals surface area contributed by atoms with Gasteiger partial charge in [0, 0.05) is 32.4 Å². The summed E-state index contributed by atoms with van der Waals surface area (Å²) in [4.78, 5) is 40.2. The van der Waals surface area contributed by atoms with E-state index in [1.165, 1.54) is 5.56 Å². The van der Waals surface area contributed by atoms with E-state index >= 15 is 0 Å². The topological polar surface area (TPSA) is 71.3 Å². The molecule has 0 bridgehead atoms. The number of pyridine rings is 1. The van der Waals surface area contributed by atoms with Gasteiger partial charge in [0.25, 0.3) is 5.56 Å². The first-order valence-corrected chi connectivity index (χ1v) is 12.4. The third-order valence-corrected chi connectivity index (χ3v) is 7.31. The average Bonchev–Trinajstić information content (AvgIpc) is 2.87. The quantitative estimate of drug-likeness (QED) is 0.596. The monoisotopic (exact) mass is 459 g/mol. The first-order chi connectivity index (χ1) is 16.5. The number of nitrogens with zero attached hydrogens (tertiary/aromatic N) is 5. The Morgan fingerprint density at radius 1 is 1.06 bits per heavy atom. The van der Waals surface area contributed by atoms with Crippen molar-refractivity contribution >= 4 is 22.9 Å². The van der Waals surface area contributed by atoms with Crippen LogP contribution in [-0.2, 0) is 11.3 Å². The van der Waals surface area contributed by atoms with Crippen LogP contribution in [0.3, 0.4) is 0 Å². The maximum absolute atomic E-state index is 13.7. The van der Waals surface area contributed by atoms with E-state index in [4.69, 9.17) is 4.98 Å². The first-order valence-electron chi connectivity index (χ1n) is 12.4. The van der Waals surface area contributed by atoms with Crippen LogP contribution in [-0.4, -0.2) is 51.5 Å². The predicted molar refractivity (Wildman–Crippen MR) is 134 cm³/mol. The third kappa shape index (κ3) is 4.56. The molecule has 0 saturated carbocycles. The summed E-state index contributed by atoms with van der Waals surface area (Å²) in [6, 6.07) is 12.0. The fourth-order valence-corrected chi connectivity index (χ4v) is 5.15. The molecule has 2 aromatic heterocycles. The van der Waals surface area contributed by atoms with Crippen LogP contribution in [0.2, 0.25) is 0 Å². The maximum Gasteiger partial charge on any atom is 0.295 e. The highest BCUT2D eigenvalue weighted by atomic mass is 16.2. The second-order valence-corrected chi connectivity index (χ2v) is 9.95. The van der Waals surface area contributed by atoms with Gasteiger partial charge in [-0.25, -0.2) is 9.97 Å². The molecule has 178 valence electrons. The van der Waals surface area contributed by atoms with Crippen LogP contribution in [0.25, 0.3) is 11.2 Å². The van der Waals surface area contributed by atoms with Crippen LogP contribution >= 0.6 is 0 Å². The lowest BCUT2D eigenvalue weighted by Gasteiger charge is -2.37. The van der Waals surface area contributed by atoms with Crippen molar-refractivity contribution in [2.45, 2.75) is 46.1 Å². The van der Waals surface area contributed by atoms with Gasteiger partial charge in [-0.2, -0.15) is 0 Å². The molecule has 2 saturated heterocycles. The van der Waals surface area contributed by atoms with Gasteiger partial charge in [-0.3, -0.25) is 14.2 Å². The number of hydrogen-bond donors (Lipinski definition) is 0. The van der Waals surface area contributed by atoms with E-state index in [2.05, 4.69) is 31.0 Å². The number of hydrogen-bond acceptors (Lipinski definition) is 5. The number of anilines is 1. The van der Waals surface area contributed by atoms with Gasteiger partial charge < -0.3 is 9.80 Å². The normalized spacial score (nSPS) is 19.5. The van der Waals surface area contributed by atoms with Gasteiger partial charge in [0.05, 0.1) is 12.5 Å². The molecule has 5 rings (SSSR count). The zero-order valence-electron chi connectivity index (χ0n) is 20.1. The molecule has 2 aliphatic rings. The molecule has 0 N–H and O–H groups in total. The van der Waals surface area contributed by atoms with Crippen molar-refractivity contribution in [3.63, 3.8) is 0 Å². The fourth-order valence-electron chi connectivity index (χ4n) is 5.15. The molecule has 2 aliphatic heterocycles. The van der Waals surface area contributed by atoms with E-state index in [0.29, 0.717) is 36.0 Å². The summed E-state index contributed by atoms with van der Waals surface area (Å²) < 4.78 is 1.72. The second kappa shape index (κ2) is 9.57. The van der Waals surface area contributed by atoms with Crippen molar-refractivity contribution in [2.75, 3.05) is 31.1 Å². The number of aryl methyl sites for hydroxylation is 1. The molecule has 34 heavy (non-hydrogen) atoms. The van der Waals surface area contributed by atoms with Crippen molar-refractivity contribution in [3.8, 4) is 0 Å². The number of benzene rings is 1. The Kier molecular flexibility index (Phi) is 6.35. The number of aromatic nitrogens is 3. The largest absolute Gasteiger partial charge is 0.351 e. The standard InChI is InChI=1S/C27H33N5O2/c1-19-7-9-21(10-8-19)17-32-24-23(6-3-13-28-24)29-25(27(32)34)31-14-4-5-22(18-31)26(33)30-15-11-20(2)12-16-30/h3,6-10,13,20,22H,4-5,11-12,14-18H2,1-2H3/t22-/m1/s1. The van der Waals surface area contributed by atoms with E-state index < -0.39 is 0 Å². The molecule has 0 radical (unpaired) electrons. The van der Waals surface area contributed by atoms with Gasteiger partial charge in [0.15, 0.2) is 11.5 Å². The zero-order valence-corrected chi connectivity index (χ0v) is 20.1. The van der Waals surface area contributed by atoms with Crippen molar-refractivity contribution in [2.24, 2.45) is 11.8 Å². The van der Waals surface area contributed by atoms with Crippen LogP contribution in [0.1, 0.15) is 43.7 Å². The highest BCUT2D eigenvalue weighted by Crippen LogP contribution is 2.25. The summed E-state index contributed by atoms with van der Waals surface area (Å²) >= 11 is 0. The highest BCUT2D eigenvalue weighted by molar-refractivity contribution is 5.80. The number of fused-ring (bicyclic) bond motifs is 1. The Balaban J connectivity index is 1.45. The second-order valence-electron chi connectivity index (χ2n) is 9.95. The molecule has 2 fully saturated rings. The summed E-state index contributed by atoms with van der Waals surface area (Å²) in [5, 5.41) is 0. The van der Waals surface area contributed by atoms with E-state index in [-0.39, 0.29) is 17.4 Å². The van der Waals surface area contributed by atoms with Gasteiger partial charge in [-0.1, -0.05) is 36.8 Å². The highest BCUT2D eigenvalue weighted by Gasteiger charge is 2.32. The number of amides is 1. The van der Waals surface area contributed by atoms with Crippen LogP contribution in [0.5, 0.6) is 0 Å². The first kappa shape index (κ1) is 22.6. The van der Waals surface area contributed by atoms with E-state index in [1.54, 1.807) is 10.8 Å². The average molecular weight is 460 g/mol. The summed E-state index contributed by atoms with van der Waals surface area (Å²) in [7, 11) is 0. The molecule has 4 heterocycles. The smallest absolute Gasteiger partial charge is 0.295 e. The molecule has 1 amide bonds. The lowest BCUT2D eigenvalue weighted by molar-refractivity contribution is -0.137. The zero-order chi connectivity index (χ0) is 23.7. The molecule has 3 aromatic rings. The molecular weight excluding hydrogens is 426 g/mol. The van der Waals surface area contributed by atoms with E-state index in [9.17, 15) is 9.59 Å². The van der Waals surface area contributed by atoms with Crippen LogP contribution in [0.4, 0.5) is 5.82 Å². The van der Waals surface area contributed by atoms with Crippen molar-refractivity contribution in [1.29, 1.82) is 0 Å². The van der Waals surface area contributed by atoms with Gasteiger partial charge >= 0.3 is 0 Å². The minimum Gasteiger partial charge on any atom is -0.351 e. The Morgan fingerprint density at radius 2 is 1.82 bits per heavy atom. The third-order valence-electron chi connectivity index (χ3n) is 7.31. The summed E-state index contributed by atoms with van der Waals surface area (Å²) in [6.07, 6.45) is 5.60. The molecule has 1 atom stereocenters. The lowest BCUT2D eigenvalue weighted by atomic mass is 9.93. The number of rotatable bonds is 4. The van der Waals surface area contributed by atoms with Gasteiger partial charge in [0.1, 0.15) is 5.52 Å². The number of carbonyl (C=O) groups is 1. The van der Waals surface area contributed by atoms with Crippen molar-refractivity contribution in [1.82, 2.24) is 19.4 Å². The Labute approximate surface area is 200 Å². The van der Waals surface area contributed by atoms with Gasteiger partial charge in [-0.05, 0) is 56.2 Å². The lowest BCUT2D eigenvalue weighted by Crippen LogP contribution is -2.48. The number of piperidine rings is 2. The number of carbonyl (C=O) groups excluding carboxylic acids is 1. The molecule has 0 aliphatic carbocycles. The Hall–Kier alpha value is -3.22. The predicted octanol–water partition coefficient (Wildman–Crippen LogP) is 3.62. The van der Waals surface area contributed by atoms with Crippen LogP contribution in [0.15, 0.2) is 47.4 Å². The SMILES string of the molecule is Cc1ccc(Cn2c(=O)c(N3CCC[C@@H](C(=O)N4CCC(C)CC4)C3)nc3cccnc32)cc1.